The lowest BCUT2D eigenvalue weighted by atomic mass is 9.98. The number of nitrogens with zero attached hydrogens (tertiary/aromatic N) is 3. The molecule has 0 aromatic heterocycles. The van der Waals surface area contributed by atoms with Crippen LogP contribution in [0.25, 0.3) is 0 Å². The van der Waals surface area contributed by atoms with E-state index in [4.69, 9.17) is 5.10 Å². The first-order chi connectivity index (χ1) is 15.8. The van der Waals surface area contributed by atoms with Crippen molar-refractivity contribution in [2.45, 2.75) is 19.4 Å². The van der Waals surface area contributed by atoms with Gasteiger partial charge in [0.2, 0.25) is 0 Å². The molecular formula is C29H25N3. The number of rotatable bonds is 5. The Labute approximate surface area is 189 Å². The van der Waals surface area contributed by atoms with Gasteiger partial charge < -0.3 is 0 Å². The molecule has 4 aromatic rings. The fourth-order valence-corrected chi connectivity index (χ4v) is 4.06. The molecule has 1 aliphatic rings. The summed E-state index contributed by atoms with van der Waals surface area (Å²) in [7, 11) is 0. The number of hydrogen-bond acceptors (Lipinski definition) is 3. The molecule has 0 bridgehead atoms. The monoisotopic (exact) mass is 415 g/mol. The Balaban J connectivity index is 1.43. The second-order valence-corrected chi connectivity index (χ2v) is 8.08. The highest BCUT2D eigenvalue weighted by molar-refractivity contribution is 6.03. The molecule has 5 rings (SSSR count). The molecule has 3 heteroatoms. The molecule has 1 unspecified atom stereocenters. The third-order valence-electron chi connectivity index (χ3n) is 5.72. The maximum atomic E-state index is 5.04. The predicted molar refractivity (Wildman–Crippen MR) is 134 cm³/mol. The zero-order valence-electron chi connectivity index (χ0n) is 18.1. The molecule has 32 heavy (non-hydrogen) atoms. The number of aliphatic imine (C=N–C) groups is 1. The smallest absolute Gasteiger partial charge is 0.0831 e. The lowest BCUT2D eigenvalue weighted by Crippen LogP contribution is -2.18. The normalized spacial score (nSPS) is 15.8. The van der Waals surface area contributed by atoms with E-state index in [1.807, 2.05) is 24.4 Å². The first kappa shape index (κ1) is 20.0. The Morgan fingerprint density at radius 3 is 2.25 bits per heavy atom. The summed E-state index contributed by atoms with van der Waals surface area (Å²) in [4.78, 5) is 4.61. The fraction of sp³-hybridized carbons (Fsp3) is 0.103. The number of hydrogen-bond donors (Lipinski definition) is 0. The maximum absolute atomic E-state index is 5.04. The van der Waals surface area contributed by atoms with Crippen LogP contribution in [0, 0.1) is 6.92 Å². The van der Waals surface area contributed by atoms with Crippen LogP contribution in [0.15, 0.2) is 119 Å². The topological polar surface area (TPSA) is 28.0 Å². The Morgan fingerprint density at radius 1 is 0.812 bits per heavy atom. The maximum Gasteiger partial charge on any atom is 0.0831 e. The van der Waals surface area contributed by atoms with Gasteiger partial charge in [0, 0.05) is 12.6 Å². The van der Waals surface area contributed by atoms with Crippen LogP contribution in [0.5, 0.6) is 0 Å². The molecule has 0 spiro atoms. The van der Waals surface area contributed by atoms with E-state index < -0.39 is 0 Å². The zero-order valence-corrected chi connectivity index (χ0v) is 18.1. The van der Waals surface area contributed by atoms with E-state index in [0.29, 0.717) is 0 Å². The van der Waals surface area contributed by atoms with E-state index in [-0.39, 0.29) is 6.04 Å². The summed E-state index contributed by atoms with van der Waals surface area (Å²) in [5.41, 5.74) is 7.89. The Kier molecular flexibility index (Phi) is 5.63. The highest BCUT2D eigenvalue weighted by Gasteiger charge is 2.29. The summed E-state index contributed by atoms with van der Waals surface area (Å²) in [6.07, 6.45) is 2.79. The van der Waals surface area contributed by atoms with Crippen molar-refractivity contribution in [3.63, 3.8) is 0 Å². The largest absolute Gasteiger partial charge is 0.257 e. The molecule has 0 saturated carbocycles. The Bertz CT molecular complexity index is 1240. The molecule has 0 saturated heterocycles. The van der Waals surface area contributed by atoms with E-state index >= 15 is 0 Å². The van der Waals surface area contributed by atoms with Crippen molar-refractivity contribution in [3.8, 4) is 0 Å². The number of anilines is 1. The van der Waals surface area contributed by atoms with Gasteiger partial charge >= 0.3 is 0 Å². The number of benzene rings is 4. The van der Waals surface area contributed by atoms with Crippen LogP contribution in [0.4, 0.5) is 11.4 Å². The van der Waals surface area contributed by atoms with Crippen molar-refractivity contribution in [2.75, 3.05) is 5.01 Å². The van der Waals surface area contributed by atoms with Crippen LogP contribution in [0.3, 0.4) is 0 Å². The van der Waals surface area contributed by atoms with Gasteiger partial charge in [-0.2, -0.15) is 5.10 Å². The second kappa shape index (κ2) is 9.03. The average molecular weight is 416 g/mol. The molecule has 1 aliphatic heterocycles. The van der Waals surface area contributed by atoms with Gasteiger partial charge in [0.05, 0.1) is 23.1 Å². The minimum atomic E-state index is 0.179. The van der Waals surface area contributed by atoms with Crippen molar-refractivity contribution in [1.82, 2.24) is 0 Å². The molecule has 0 N–H and O–H groups in total. The van der Waals surface area contributed by atoms with E-state index in [9.17, 15) is 0 Å². The molecule has 0 fully saturated rings. The van der Waals surface area contributed by atoms with Crippen LogP contribution in [-0.4, -0.2) is 11.9 Å². The summed E-state index contributed by atoms with van der Waals surface area (Å²) in [5.74, 6) is 0. The molecule has 1 atom stereocenters. The van der Waals surface area contributed by atoms with Crippen molar-refractivity contribution in [3.05, 3.63) is 131 Å². The van der Waals surface area contributed by atoms with E-state index in [2.05, 4.69) is 108 Å². The van der Waals surface area contributed by atoms with Crippen LogP contribution in [0.2, 0.25) is 0 Å². The molecule has 156 valence electrons. The highest BCUT2D eigenvalue weighted by Crippen LogP contribution is 2.36. The Hall–Kier alpha value is -3.98. The van der Waals surface area contributed by atoms with E-state index in [1.165, 1.54) is 16.7 Å². The van der Waals surface area contributed by atoms with Crippen molar-refractivity contribution >= 4 is 23.3 Å². The van der Waals surface area contributed by atoms with Crippen molar-refractivity contribution in [1.29, 1.82) is 0 Å². The van der Waals surface area contributed by atoms with Crippen LogP contribution < -0.4 is 5.01 Å². The van der Waals surface area contributed by atoms with Crippen LogP contribution in [0.1, 0.15) is 34.7 Å². The van der Waals surface area contributed by atoms with Gasteiger partial charge in [-0.15, -0.1) is 0 Å². The first-order valence-electron chi connectivity index (χ1n) is 10.9. The summed E-state index contributed by atoms with van der Waals surface area (Å²) in [6, 6.07) is 37.9. The highest BCUT2D eigenvalue weighted by atomic mass is 15.5. The van der Waals surface area contributed by atoms with Gasteiger partial charge in [0.1, 0.15) is 0 Å². The summed E-state index contributed by atoms with van der Waals surface area (Å²) >= 11 is 0. The zero-order chi connectivity index (χ0) is 21.8. The van der Waals surface area contributed by atoms with Gasteiger partial charge in [-0.25, -0.2) is 0 Å². The number of aryl methyl sites for hydroxylation is 1. The molecule has 0 aliphatic carbocycles. The van der Waals surface area contributed by atoms with Gasteiger partial charge in [0.25, 0.3) is 0 Å². The third-order valence-corrected chi connectivity index (χ3v) is 5.72. The van der Waals surface area contributed by atoms with Crippen LogP contribution >= 0.6 is 0 Å². The summed E-state index contributed by atoms with van der Waals surface area (Å²) < 4.78 is 0. The number of hydrazone groups is 1. The molecule has 0 amide bonds. The van der Waals surface area contributed by atoms with E-state index in [1.54, 1.807) is 0 Å². The minimum absolute atomic E-state index is 0.179. The quantitative estimate of drug-likeness (QED) is 0.319. The third kappa shape index (κ3) is 4.37. The molecule has 0 radical (unpaired) electrons. The predicted octanol–water partition coefficient (Wildman–Crippen LogP) is 7.10. The van der Waals surface area contributed by atoms with Gasteiger partial charge in [-0.05, 0) is 53.4 Å². The average Bonchev–Trinajstić information content (AvgIpc) is 3.30. The van der Waals surface area contributed by atoms with Crippen LogP contribution in [-0.2, 0) is 0 Å². The SMILES string of the molecule is Cc1cccc(N=Cc2ccc(N3N=C(c4ccccc4)CC3c3ccccc3)cc2)c1. The molecule has 4 aromatic carbocycles. The Morgan fingerprint density at radius 2 is 1.53 bits per heavy atom. The molecule has 1 heterocycles. The summed E-state index contributed by atoms with van der Waals surface area (Å²) in [5, 5.41) is 7.19. The minimum Gasteiger partial charge on any atom is -0.257 e. The molecule has 3 nitrogen and oxygen atoms in total. The van der Waals surface area contributed by atoms with Gasteiger partial charge in [-0.3, -0.25) is 10.0 Å². The lowest BCUT2D eigenvalue weighted by Gasteiger charge is -2.24. The second-order valence-electron chi connectivity index (χ2n) is 8.08. The first-order valence-corrected chi connectivity index (χ1v) is 10.9. The van der Waals surface area contributed by atoms with Gasteiger partial charge in [-0.1, -0.05) is 84.9 Å². The van der Waals surface area contributed by atoms with Crippen molar-refractivity contribution in [2.24, 2.45) is 10.1 Å². The van der Waals surface area contributed by atoms with Crippen molar-refractivity contribution < 1.29 is 0 Å². The standard InChI is InChI=1S/C29H25N3/c1-22-9-8-14-26(19-22)30-21-23-15-17-27(18-16-23)32-29(25-12-6-3-7-13-25)20-28(31-32)24-10-4-2-5-11-24/h2-19,21,29H,20H2,1H3. The van der Waals surface area contributed by atoms with Gasteiger partial charge in [0.15, 0.2) is 0 Å². The summed E-state index contributed by atoms with van der Waals surface area (Å²) in [6.45, 7) is 2.08. The fourth-order valence-electron chi connectivity index (χ4n) is 4.06. The lowest BCUT2D eigenvalue weighted by molar-refractivity contribution is 0.709. The van der Waals surface area contributed by atoms with E-state index in [0.717, 1.165) is 29.1 Å². The molecular weight excluding hydrogens is 390 g/mol.